The number of fused-ring (bicyclic) bond motifs is 1. The van der Waals surface area contributed by atoms with Crippen LogP contribution in [0, 0.1) is 0 Å². The summed E-state index contributed by atoms with van der Waals surface area (Å²) >= 11 is 0. The maximum absolute atomic E-state index is 13.2. The van der Waals surface area contributed by atoms with Gasteiger partial charge in [0.15, 0.2) is 0 Å². The zero-order valence-electron chi connectivity index (χ0n) is 11.0. The zero-order chi connectivity index (χ0) is 14.5. The van der Waals surface area contributed by atoms with Crippen molar-refractivity contribution in [2.75, 3.05) is 20.1 Å². The Bertz CT molecular complexity index is 552. The van der Waals surface area contributed by atoms with E-state index < -0.39 is 18.0 Å². The Hall–Kier alpha value is -1.57. The Morgan fingerprint density at radius 2 is 2.15 bits per heavy atom. The lowest BCUT2D eigenvalue weighted by Crippen LogP contribution is -2.30. The molecule has 20 heavy (non-hydrogen) atoms. The fraction of sp³-hybridized carbons (Fsp3) is 0.667. The minimum atomic E-state index is -4.54. The number of halogens is 3. The van der Waals surface area contributed by atoms with Crippen LogP contribution in [0.15, 0.2) is 0 Å². The van der Waals surface area contributed by atoms with Gasteiger partial charge in [0.2, 0.25) is 11.7 Å². The summed E-state index contributed by atoms with van der Waals surface area (Å²) in [4.78, 5) is 17.3. The van der Waals surface area contributed by atoms with Gasteiger partial charge in [-0.3, -0.25) is 4.79 Å². The average molecular weight is 288 g/mol. The average Bonchev–Trinajstić information content (AvgIpc) is 2.91. The Kier molecular flexibility index (Phi) is 3.00. The molecule has 0 aliphatic carbocycles. The van der Waals surface area contributed by atoms with Crippen molar-refractivity contribution in [1.82, 2.24) is 19.8 Å². The molecule has 0 radical (unpaired) electrons. The SMILES string of the molecule is CN1CCC(n2c(C(F)(F)F)nc3c2CCNC3)C1=O. The van der Waals surface area contributed by atoms with Crippen LogP contribution in [0.1, 0.15) is 29.7 Å². The lowest BCUT2D eigenvalue weighted by atomic mass is 10.1. The number of likely N-dealkylation sites (tertiary alicyclic amines) is 1. The molecule has 1 atom stereocenters. The van der Waals surface area contributed by atoms with Gasteiger partial charge >= 0.3 is 6.18 Å². The van der Waals surface area contributed by atoms with E-state index in [9.17, 15) is 18.0 Å². The molecule has 5 nitrogen and oxygen atoms in total. The monoisotopic (exact) mass is 288 g/mol. The third kappa shape index (κ3) is 1.98. The molecular formula is C12H15F3N4O. The van der Waals surface area contributed by atoms with E-state index in [0.29, 0.717) is 43.9 Å². The standard InChI is InChI=1S/C12H15F3N4O/c1-18-5-3-9(10(18)20)19-8-2-4-16-6-7(8)17-11(19)12(13,14)15/h9,16H,2-6H2,1H3. The minimum Gasteiger partial charge on any atom is -0.344 e. The van der Waals surface area contributed by atoms with Crippen LogP contribution >= 0.6 is 0 Å². The molecule has 2 aliphatic rings. The topological polar surface area (TPSA) is 50.2 Å². The maximum Gasteiger partial charge on any atom is 0.449 e. The van der Waals surface area contributed by atoms with Gasteiger partial charge in [0.05, 0.1) is 5.69 Å². The number of nitrogens with zero attached hydrogens (tertiary/aromatic N) is 3. The highest BCUT2D eigenvalue weighted by Crippen LogP contribution is 2.36. The first-order chi connectivity index (χ1) is 9.39. The van der Waals surface area contributed by atoms with E-state index in [-0.39, 0.29) is 5.91 Å². The quantitative estimate of drug-likeness (QED) is 0.837. The number of imidazole rings is 1. The number of rotatable bonds is 1. The van der Waals surface area contributed by atoms with Gasteiger partial charge in [0.1, 0.15) is 6.04 Å². The predicted octanol–water partition coefficient (Wildman–Crippen LogP) is 0.951. The van der Waals surface area contributed by atoms with E-state index in [4.69, 9.17) is 0 Å². The Morgan fingerprint density at radius 3 is 2.75 bits per heavy atom. The zero-order valence-corrected chi connectivity index (χ0v) is 11.0. The van der Waals surface area contributed by atoms with E-state index >= 15 is 0 Å². The van der Waals surface area contributed by atoms with Crippen LogP contribution in [-0.4, -0.2) is 40.5 Å². The van der Waals surface area contributed by atoms with Crippen LogP contribution in [0.3, 0.4) is 0 Å². The van der Waals surface area contributed by atoms with E-state index in [1.807, 2.05) is 0 Å². The number of hydrogen-bond donors (Lipinski definition) is 1. The van der Waals surface area contributed by atoms with Crippen LogP contribution in [0.5, 0.6) is 0 Å². The van der Waals surface area contributed by atoms with Crippen LogP contribution in [0.4, 0.5) is 13.2 Å². The summed E-state index contributed by atoms with van der Waals surface area (Å²) in [5, 5.41) is 3.00. The van der Waals surface area contributed by atoms with Crippen LogP contribution < -0.4 is 5.32 Å². The van der Waals surface area contributed by atoms with Crippen molar-refractivity contribution >= 4 is 5.91 Å². The second kappa shape index (κ2) is 4.47. The number of carbonyl (C=O) groups excluding carboxylic acids is 1. The summed E-state index contributed by atoms with van der Waals surface area (Å²) in [6.07, 6.45) is -3.68. The molecule has 0 aromatic carbocycles. The number of likely N-dealkylation sites (N-methyl/N-ethyl adjacent to an activating group) is 1. The van der Waals surface area contributed by atoms with E-state index in [0.717, 1.165) is 4.57 Å². The summed E-state index contributed by atoms with van der Waals surface area (Å²) in [6.45, 7) is 1.40. The highest BCUT2D eigenvalue weighted by atomic mass is 19.4. The number of aromatic nitrogens is 2. The summed E-state index contributed by atoms with van der Waals surface area (Å²) in [7, 11) is 1.61. The first-order valence-electron chi connectivity index (χ1n) is 6.52. The molecule has 0 saturated carbocycles. The third-order valence-corrected chi connectivity index (χ3v) is 3.89. The van der Waals surface area contributed by atoms with Crippen LogP contribution in [0.25, 0.3) is 0 Å². The summed E-state index contributed by atoms with van der Waals surface area (Å²) < 4.78 is 40.7. The molecule has 110 valence electrons. The highest BCUT2D eigenvalue weighted by molar-refractivity contribution is 5.82. The van der Waals surface area contributed by atoms with Crippen LogP contribution in [0.2, 0.25) is 0 Å². The van der Waals surface area contributed by atoms with Crippen LogP contribution in [-0.2, 0) is 23.9 Å². The van der Waals surface area contributed by atoms with Crippen molar-refractivity contribution in [3.63, 3.8) is 0 Å². The molecule has 3 heterocycles. The number of alkyl halides is 3. The molecular weight excluding hydrogens is 273 g/mol. The fourth-order valence-electron chi connectivity index (χ4n) is 2.91. The first-order valence-corrected chi connectivity index (χ1v) is 6.52. The normalized spacial score (nSPS) is 23.3. The van der Waals surface area contributed by atoms with Gasteiger partial charge in [-0.05, 0) is 6.42 Å². The third-order valence-electron chi connectivity index (χ3n) is 3.89. The van der Waals surface area contributed by atoms with Gasteiger partial charge in [0, 0.05) is 38.8 Å². The lowest BCUT2D eigenvalue weighted by Gasteiger charge is -2.21. The van der Waals surface area contributed by atoms with Gasteiger partial charge in [-0.15, -0.1) is 0 Å². The predicted molar refractivity (Wildman–Crippen MR) is 63.9 cm³/mol. The Balaban J connectivity index is 2.12. The molecule has 0 spiro atoms. The van der Waals surface area contributed by atoms with Crippen molar-refractivity contribution in [2.24, 2.45) is 0 Å². The number of nitrogens with one attached hydrogen (secondary N) is 1. The van der Waals surface area contributed by atoms with Crippen molar-refractivity contribution < 1.29 is 18.0 Å². The number of carbonyl (C=O) groups is 1. The van der Waals surface area contributed by atoms with Gasteiger partial charge in [-0.1, -0.05) is 0 Å². The second-order valence-electron chi connectivity index (χ2n) is 5.19. The van der Waals surface area contributed by atoms with Gasteiger partial charge in [0.25, 0.3) is 0 Å². The lowest BCUT2D eigenvalue weighted by molar-refractivity contribution is -0.149. The molecule has 3 rings (SSSR count). The van der Waals surface area contributed by atoms with Gasteiger partial charge < -0.3 is 14.8 Å². The van der Waals surface area contributed by atoms with E-state index in [1.165, 1.54) is 4.90 Å². The molecule has 1 aromatic heterocycles. The molecule has 1 N–H and O–H groups in total. The highest BCUT2D eigenvalue weighted by Gasteiger charge is 2.44. The molecule has 0 bridgehead atoms. The van der Waals surface area contributed by atoms with E-state index in [1.54, 1.807) is 7.05 Å². The minimum absolute atomic E-state index is 0.269. The van der Waals surface area contributed by atoms with Crippen molar-refractivity contribution in [1.29, 1.82) is 0 Å². The molecule has 1 fully saturated rings. The Morgan fingerprint density at radius 1 is 1.40 bits per heavy atom. The van der Waals surface area contributed by atoms with Gasteiger partial charge in [-0.25, -0.2) is 4.98 Å². The molecule has 1 aromatic rings. The van der Waals surface area contributed by atoms with Crippen molar-refractivity contribution in [3.05, 3.63) is 17.2 Å². The molecule has 1 unspecified atom stereocenters. The smallest absolute Gasteiger partial charge is 0.344 e. The maximum atomic E-state index is 13.2. The molecule has 2 aliphatic heterocycles. The first kappa shape index (κ1) is 13.4. The van der Waals surface area contributed by atoms with Gasteiger partial charge in [-0.2, -0.15) is 13.2 Å². The molecule has 1 amide bonds. The van der Waals surface area contributed by atoms with Crippen molar-refractivity contribution in [2.45, 2.75) is 31.6 Å². The Labute approximate surface area is 113 Å². The second-order valence-corrected chi connectivity index (χ2v) is 5.19. The van der Waals surface area contributed by atoms with Crippen molar-refractivity contribution in [3.8, 4) is 0 Å². The molecule has 8 heteroatoms. The largest absolute Gasteiger partial charge is 0.449 e. The number of hydrogen-bond acceptors (Lipinski definition) is 3. The summed E-state index contributed by atoms with van der Waals surface area (Å²) in [5.74, 6) is -1.21. The number of amides is 1. The van der Waals surface area contributed by atoms with E-state index in [2.05, 4.69) is 10.3 Å². The summed E-state index contributed by atoms with van der Waals surface area (Å²) in [5.41, 5.74) is 0.954. The fourth-order valence-corrected chi connectivity index (χ4v) is 2.91. The summed E-state index contributed by atoms with van der Waals surface area (Å²) in [6, 6.07) is -0.772. The molecule has 1 saturated heterocycles.